The third kappa shape index (κ3) is 4.61. The van der Waals surface area contributed by atoms with E-state index in [2.05, 4.69) is 41.9 Å². The van der Waals surface area contributed by atoms with Crippen molar-refractivity contribution < 1.29 is 9.53 Å². The molecule has 1 aromatic heterocycles. The molecule has 1 unspecified atom stereocenters. The van der Waals surface area contributed by atoms with Crippen molar-refractivity contribution in [2.75, 3.05) is 32.8 Å². The number of hydrogen-bond acceptors (Lipinski definition) is 4. The van der Waals surface area contributed by atoms with Crippen LogP contribution in [0.15, 0.2) is 48.8 Å². The van der Waals surface area contributed by atoms with Crippen LogP contribution in [0.1, 0.15) is 42.6 Å². The van der Waals surface area contributed by atoms with Gasteiger partial charge in [-0.15, -0.1) is 0 Å². The Balaban J connectivity index is 1.37. The van der Waals surface area contributed by atoms with Gasteiger partial charge in [0.1, 0.15) is 5.75 Å². The lowest BCUT2D eigenvalue weighted by Crippen LogP contribution is -2.34. The Bertz CT molecular complexity index is 839. The highest BCUT2D eigenvalue weighted by molar-refractivity contribution is 5.94. The SMILES string of the molecule is CC(C)COc1ccccc1CN1CCC2(CCN(C(=O)c3ccncc3)C2)C1. The van der Waals surface area contributed by atoms with Crippen LogP contribution < -0.4 is 4.74 Å². The highest BCUT2D eigenvalue weighted by atomic mass is 16.5. The van der Waals surface area contributed by atoms with Crippen molar-refractivity contribution in [3.63, 3.8) is 0 Å². The molecule has 2 fully saturated rings. The summed E-state index contributed by atoms with van der Waals surface area (Å²) < 4.78 is 6.04. The summed E-state index contributed by atoms with van der Waals surface area (Å²) in [5.41, 5.74) is 2.23. The zero-order valence-corrected chi connectivity index (χ0v) is 17.5. The van der Waals surface area contributed by atoms with E-state index in [1.54, 1.807) is 12.4 Å². The zero-order chi connectivity index (χ0) is 20.3. The molecule has 4 rings (SSSR count). The molecule has 3 heterocycles. The Labute approximate surface area is 173 Å². The average molecular weight is 394 g/mol. The van der Waals surface area contributed by atoms with E-state index in [9.17, 15) is 4.79 Å². The first-order valence-electron chi connectivity index (χ1n) is 10.7. The Hall–Kier alpha value is -2.40. The fraction of sp³-hybridized carbons (Fsp3) is 0.500. The summed E-state index contributed by atoms with van der Waals surface area (Å²) in [6.07, 6.45) is 5.62. The molecule has 2 aliphatic heterocycles. The number of carbonyl (C=O) groups excluding carboxylic acids is 1. The maximum absolute atomic E-state index is 12.8. The van der Waals surface area contributed by atoms with Crippen molar-refractivity contribution in [3.05, 3.63) is 59.9 Å². The summed E-state index contributed by atoms with van der Waals surface area (Å²) in [5, 5.41) is 0. The number of amides is 1. The molecule has 2 aliphatic rings. The summed E-state index contributed by atoms with van der Waals surface area (Å²) in [6, 6.07) is 12.0. The van der Waals surface area contributed by atoms with Crippen LogP contribution in [-0.2, 0) is 6.54 Å². The van der Waals surface area contributed by atoms with E-state index in [0.29, 0.717) is 5.92 Å². The Morgan fingerprint density at radius 3 is 2.66 bits per heavy atom. The van der Waals surface area contributed by atoms with Crippen LogP contribution in [0.25, 0.3) is 0 Å². The average Bonchev–Trinajstić information content (AvgIpc) is 3.34. The van der Waals surface area contributed by atoms with Crippen molar-refractivity contribution in [1.82, 2.24) is 14.8 Å². The molecule has 29 heavy (non-hydrogen) atoms. The molecule has 0 bridgehead atoms. The quantitative estimate of drug-likeness (QED) is 0.748. The van der Waals surface area contributed by atoms with Crippen LogP contribution in [-0.4, -0.2) is 53.5 Å². The number of para-hydroxylation sites is 1. The molecule has 2 aromatic rings. The lowest BCUT2D eigenvalue weighted by atomic mass is 9.86. The Morgan fingerprint density at radius 2 is 1.86 bits per heavy atom. The molecule has 5 heteroatoms. The first kappa shape index (κ1) is 19.9. The first-order chi connectivity index (χ1) is 14.0. The van der Waals surface area contributed by atoms with Crippen molar-refractivity contribution in [1.29, 1.82) is 0 Å². The van der Waals surface area contributed by atoms with Crippen molar-refractivity contribution in [3.8, 4) is 5.75 Å². The zero-order valence-electron chi connectivity index (χ0n) is 17.5. The number of rotatable bonds is 6. The number of pyridine rings is 1. The lowest BCUT2D eigenvalue weighted by molar-refractivity contribution is 0.0773. The third-order valence-electron chi connectivity index (χ3n) is 6.11. The van der Waals surface area contributed by atoms with Gasteiger partial charge in [0.15, 0.2) is 0 Å². The smallest absolute Gasteiger partial charge is 0.253 e. The summed E-state index contributed by atoms with van der Waals surface area (Å²) in [7, 11) is 0. The van der Waals surface area contributed by atoms with Crippen LogP contribution in [0.5, 0.6) is 5.75 Å². The van der Waals surface area contributed by atoms with Gasteiger partial charge in [-0.1, -0.05) is 32.0 Å². The van der Waals surface area contributed by atoms with Crippen LogP contribution >= 0.6 is 0 Å². The first-order valence-corrected chi connectivity index (χ1v) is 10.7. The number of benzene rings is 1. The van der Waals surface area contributed by atoms with Gasteiger partial charge in [0.05, 0.1) is 6.61 Å². The molecule has 2 saturated heterocycles. The number of carbonyl (C=O) groups is 1. The Kier molecular flexibility index (Phi) is 5.86. The molecule has 0 N–H and O–H groups in total. The minimum absolute atomic E-state index is 0.134. The van der Waals surface area contributed by atoms with Crippen LogP contribution in [0.2, 0.25) is 0 Å². The summed E-state index contributed by atoms with van der Waals surface area (Å²) in [4.78, 5) is 21.4. The van der Waals surface area contributed by atoms with Crippen LogP contribution in [0.3, 0.4) is 0 Å². The molecule has 5 nitrogen and oxygen atoms in total. The summed E-state index contributed by atoms with van der Waals surface area (Å²) >= 11 is 0. The predicted molar refractivity (Wildman–Crippen MR) is 114 cm³/mol. The number of ether oxygens (including phenoxy) is 1. The van der Waals surface area contributed by atoms with Gasteiger partial charge in [0.2, 0.25) is 0 Å². The second-order valence-corrected chi connectivity index (χ2v) is 8.99. The van der Waals surface area contributed by atoms with Gasteiger partial charge >= 0.3 is 0 Å². The van der Waals surface area contributed by atoms with E-state index in [4.69, 9.17) is 4.74 Å². The highest BCUT2D eigenvalue weighted by Gasteiger charge is 2.44. The number of nitrogens with zero attached hydrogens (tertiary/aromatic N) is 3. The number of aromatic nitrogens is 1. The van der Waals surface area contributed by atoms with Gasteiger partial charge in [0, 0.05) is 55.1 Å². The fourth-order valence-electron chi connectivity index (χ4n) is 4.55. The largest absolute Gasteiger partial charge is 0.493 e. The second-order valence-electron chi connectivity index (χ2n) is 8.99. The lowest BCUT2D eigenvalue weighted by Gasteiger charge is -2.25. The molecule has 154 valence electrons. The highest BCUT2D eigenvalue weighted by Crippen LogP contribution is 2.40. The van der Waals surface area contributed by atoms with Gasteiger partial charge in [-0.3, -0.25) is 14.7 Å². The molecule has 1 amide bonds. The predicted octanol–water partition coefficient (Wildman–Crippen LogP) is 3.85. The molecule has 1 spiro atoms. The normalized spacial score (nSPS) is 22.0. The molecule has 0 saturated carbocycles. The van der Waals surface area contributed by atoms with Crippen molar-refractivity contribution in [2.24, 2.45) is 11.3 Å². The maximum Gasteiger partial charge on any atom is 0.253 e. The summed E-state index contributed by atoms with van der Waals surface area (Å²) in [5.74, 6) is 1.65. The molecule has 1 atom stereocenters. The third-order valence-corrected chi connectivity index (χ3v) is 6.11. The van der Waals surface area contributed by atoms with Gasteiger partial charge in [0.25, 0.3) is 5.91 Å². The molecule has 1 aromatic carbocycles. The van der Waals surface area contributed by atoms with Gasteiger partial charge in [-0.2, -0.15) is 0 Å². The van der Waals surface area contributed by atoms with Crippen LogP contribution in [0.4, 0.5) is 0 Å². The minimum atomic E-state index is 0.134. The second kappa shape index (κ2) is 8.54. The maximum atomic E-state index is 12.8. The summed E-state index contributed by atoms with van der Waals surface area (Å²) in [6.45, 7) is 9.83. The number of likely N-dealkylation sites (tertiary alicyclic amines) is 2. The van der Waals surface area contributed by atoms with E-state index < -0.39 is 0 Å². The van der Waals surface area contributed by atoms with Gasteiger partial charge in [-0.25, -0.2) is 0 Å². The van der Waals surface area contributed by atoms with E-state index in [1.165, 1.54) is 5.56 Å². The van der Waals surface area contributed by atoms with E-state index >= 15 is 0 Å². The van der Waals surface area contributed by atoms with E-state index in [1.807, 2.05) is 23.1 Å². The van der Waals surface area contributed by atoms with E-state index in [-0.39, 0.29) is 11.3 Å². The topological polar surface area (TPSA) is 45.7 Å². The molecule has 0 aliphatic carbocycles. The fourth-order valence-corrected chi connectivity index (χ4v) is 4.55. The van der Waals surface area contributed by atoms with Gasteiger partial charge < -0.3 is 9.64 Å². The monoisotopic (exact) mass is 393 g/mol. The van der Waals surface area contributed by atoms with Crippen molar-refractivity contribution >= 4 is 5.91 Å². The molecular formula is C24H31N3O2. The molecule has 0 radical (unpaired) electrons. The number of hydrogen-bond donors (Lipinski definition) is 0. The minimum Gasteiger partial charge on any atom is -0.493 e. The van der Waals surface area contributed by atoms with Crippen LogP contribution in [0, 0.1) is 11.3 Å². The van der Waals surface area contributed by atoms with E-state index in [0.717, 1.165) is 63.5 Å². The molecular weight excluding hydrogens is 362 g/mol. The van der Waals surface area contributed by atoms with Crippen molar-refractivity contribution in [2.45, 2.75) is 33.2 Å². The standard InChI is InChI=1S/C24H31N3O2/c1-19(2)16-29-22-6-4-3-5-21(22)15-26-13-9-24(17-26)10-14-27(18-24)23(28)20-7-11-25-12-8-20/h3-8,11-12,19H,9-10,13-18H2,1-2H3. The Morgan fingerprint density at radius 1 is 1.10 bits per heavy atom. The van der Waals surface area contributed by atoms with Gasteiger partial charge in [-0.05, 0) is 43.5 Å².